The minimum absolute atomic E-state index is 0.0467. The lowest BCUT2D eigenvalue weighted by Crippen LogP contribution is -2.51. The second-order valence-electron chi connectivity index (χ2n) is 7.56. The van der Waals surface area contributed by atoms with Gasteiger partial charge in [-0.1, -0.05) is 11.8 Å². The first kappa shape index (κ1) is 24.7. The van der Waals surface area contributed by atoms with Gasteiger partial charge in [-0.15, -0.1) is 0 Å². The van der Waals surface area contributed by atoms with Gasteiger partial charge in [-0.2, -0.15) is 5.10 Å². The highest BCUT2D eigenvalue weighted by molar-refractivity contribution is 7.99. The van der Waals surface area contributed by atoms with E-state index in [4.69, 9.17) is 9.88 Å². The van der Waals surface area contributed by atoms with Crippen LogP contribution in [0.5, 0.6) is 0 Å². The number of hydrogen-bond donors (Lipinski definition) is 2. The Labute approximate surface area is 204 Å². The first-order chi connectivity index (χ1) is 16.7. The van der Waals surface area contributed by atoms with Gasteiger partial charge >= 0.3 is 6.09 Å². The van der Waals surface area contributed by atoms with Gasteiger partial charge < -0.3 is 19.5 Å². The largest absolute Gasteiger partial charge is 0.450 e. The zero-order chi connectivity index (χ0) is 25.2. The van der Waals surface area contributed by atoms with Crippen LogP contribution < -0.4 is 10.7 Å². The molecule has 1 aliphatic heterocycles. The fraction of sp³-hybridized carbons (Fsp3) is 0.350. The number of H-pyrrole nitrogens is 1. The summed E-state index contributed by atoms with van der Waals surface area (Å²) in [6.07, 6.45) is 0.970. The van der Waals surface area contributed by atoms with E-state index in [2.05, 4.69) is 15.1 Å². The first-order valence-corrected chi connectivity index (χ1v) is 13.1. The van der Waals surface area contributed by atoms with Crippen molar-refractivity contribution in [2.24, 2.45) is 5.14 Å². The summed E-state index contributed by atoms with van der Waals surface area (Å²) < 4.78 is 29.4. The average Bonchev–Trinajstić information content (AvgIpc) is 3.27. The second-order valence-corrected chi connectivity index (χ2v) is 10.1. The number of nitrogens with two attached hydrogens (primary N) is 1. The van der Waals surface area contributed by atoms with Crippen molar-refractivity contribution in [3.63, 3.8) is 0 Å². The van der Waals surface area contributed by atoms with Crippen LogP contribution in [0.3, 0.4) is 0 Å². The monoisotopic (exact) mass is 521 g/mol. The third-order valence-corrected chi connectivity index (χ3v) is 7.10. The van der Waals surface area contributed by atoms with Gasteiger partial charge in [-0.25, -0.2) is 28.0 Å². The Morgan fingerprint density at radius 3 is 2.43 bits per heavy atom. The molecule has 0 saturated carbocycles. The molecule has 0 spiro atoms. The van der Waals surface area contributed by atoms with E-state index in [9.17, 15) is 22.8 Å². The molecule has 0 atom stereocenters. The van der Waals surface area contributed by atoms with Crippen molar-refractivity contribution >= 4 is 44.8 Å². The molecule has 0 aliphatic carbocycles. The Morgan fingerprint density at radius 1 is 1.14 bits per heavy atom. The highest BCUT2D eigenvalue weighted by Gasteiger charge is 2.25. The SMILES string of the molecule is CCOC(=O)N1CCN(C(=O)CSc2nc3c(cnn3-c3ccc(S(N)(=O)=O)cc3)c(=O)[nH]2)CC1. The first-order valence-electron chi connectivity index (χ1n) is 10.6. The number of fused-ring (bicyclic) bond motifs is 1. The molecule has 13 nitrogen and oxygen atoms in total. The van der Waals surface area contributed by atoms with E-state index < -0.39 is 15.6 Å². The van der Waals surface area contributed by atoms with Gasteiger partial charge in [0.2, 0.25) is 15.9 Å². The maximum absolute atomic E-state index is 12.6. The number of piperazine rings is 1. The van der Waals surface area contributed by atoms with E-state index in [1.165, 1.54) is 35.1 Å². The van der Waals surface area contributed by atoms with Gasteiger partial charge in [0.05, 0.1) is 29.1 Å². The summed E-state index contributed by atoms with van der Waals surface area (Å²) in [5, 5.41) is 9.81. The third kappa shape index (κ3) is 5.47. The minimum Gasteiger partial charge on any atom is -0.450 e. The molecule has 186 valence electrons. The molecule has 15 heteroatoms. The predicted molar refractivity (Wildman–Crippen MR) is 127 cm³/mol. The van der Waals surface area contributed by atoms with E-state index >= 15 is 0 Å². The summed E-state index contributed by atoms with van der Waals surface area (Å²) in [6, 6.07) is 5.67. The maximum atomic E-state index is 12.6. The normalized spacial score (nSPS) is 14.3. The number of nitrogens with zero attached hydrogens (tertiary/aromatic N) is 5. The molecular weight excluding hydrogens is 498 g/mol. The highest BCUT2D eigenvalue weighted by Crippen LogP contribution is 2.19. The van der Waals surface area contributed by atoms with Crippen molar-refractivity contribution in [2.45, 2.75) is 17.0 Å². The van der Waals surface area contributed by atoms with Gasteiger partial charge in [-0.3, -0.25) is 9.59 Å². The Kier molecular flexibility index (Phi) is 7.09. The molecular formula is C20H23N7O6S2. The average molecular weight is 522 g/mol. The molecule has 35 heavy (non-hydrogen) atoms. The molecule has 0 radical (unpaired) electrons. The smallest absolute Gasteiger partial charge is 0.409 e. The Balaban J connectivity index is 1.46. The van der Waals surface area contributed by atoms with Crippen LogP contribution in [-0.4, -0.2) is 88.5 Å². The number of rotatable bonds is 6. The Morgan fingerprint density at radius 2 is 1.80 bits per heavy atom. The molecule has 1 aromatic carbocycles. The van der Waals surface area contributed by atoms with Gasteiger partial charge in [0, 0.05) is 26.2 Å². The fourth-order valence-corrected chi connectivity index (χ4v) is 4.78. The van der Waals surface area contributed by atoms with Gasteiger partial charge in [0.25, 0.3) is 5.56 Å². The molecule has 1 aliphatic rings. The van der Waals surface area contributed by atoms with E-state index in [-0.39, 0.29) is 38.8 Å². The van der Waals surface area contributed by atoms with Crippen molar-refractivity contribution in [1.29, 1.82) is 0 Å². The summed E-state index contributed by atoms with van der Waals surface area (Å²) in [6.45, 7) is 3.59. The maximum Gasteiger partial charge on any atom is 0.409 e. The highest BCUT2D eigenvalue weighted by atomic mass is 32.2. The number of aromatic amines is 1. The predicted octanol–water partition coefficient (Wildman–Crippen LogP) is 0.149. The lowest BCUT2D eigenvalue weighted by molar-refractivity contribution is -0.129. The zero-order valence-electron chi connectivity index (χ0n) is 18.7. The van der Waals surface area contributed by atoms with Crippen molar-refractivity contribution < 1.29 is 22.7 Å². The summed E-state index contributed by atoms with van der Waals surface area (Å²) in [4.78, 5) is 47.2. The molecule has 2 amide bonds. The van der Waals surface area contributed by atoms with Crippen LogP contribution in [0.1, 0.15) is 6.92 Å². The van der Waals surface area contributed by atoms with Crippen LogP contribution in [-0.2, 0) is 19.6 Å². The number of primary sulfonamides is 1. The molecule has 0 unspecified atom stereocenters. The van der Waals surface area contributed by atoms with Crippen LogP contribution in [0.4, 0.5) is 4.79 Å². The fourth-order valence-electron chi connectivity index (χ4n) is 3.51. The van der Waals surface area contributed by atoms with Gasteiger partial charge in [0.15, 0.2) is 10.8 Å². The zero-order valence-corrected chi connectivity index (χ0v) is 20.3. The molecule has 2 aromatic heterocycles. The lowest BCUT2D eigenvalue weighted by atomic mass is 10.3. The summed E-state index contributed by atoms with van der Waals surface area (Å²) in [5.74, 6) is -0.0984. The molecule has 3 heterocycles. The number of benzene rings is 1. The lowest BCUT2D eigenvalue weighted by Gasteiger charge is -2.34. The summed E-state index contributed by atoms with van der Waals surface area (Å²) >= 11 is 1.08. The van der Waals surface area contributed by atoms with Gasteiger partial charge in [-0.05, 0) is 31.2 Å². The quantitative estimate of drug-likeness (QED) is 0.338. The number of hydrogen-bond acceptors (Lipinski definition) is 9. The molecule has 3 aromatic rings. The molecule has 4 rings (SSSR count). The van der Waals surface area contributed by atoms with E-state index in [1.54, 1.807) is 16.7 Å². The van der Waals surface area contributed by atoms with Crippen LogP contribution in [0.2, 0.25) is 0 Å². The molecule has 0 bridgehead atoms. The van der Waals surface area contributed by atoms with Crippen molar-refractivity contribution in [3.8, 4) is 5.69 Å². The number of nitrogens with one attached hydrogen (secondary N) is 1. The summed E-state index contributed by atoms with van der Waals surface area (Å²) in [5.41, 5.74) is 0.326. The van der Waals surface area contributed by atoms with Crippen molar-refractivity contribution in [1.82, 2.24) is 29.5 Å². The van der Waals surface area contributed by atoms with Crippen LogP contribution in [0.25, 0.3) is 16.7 Å². The molecule has 1 saturated heterocycles. The number of ether oxygens (including phenoxy) is 1. The number of sulfonamides is 1. The van der Waals surface area contributed by atoms with Gasteiger partial charge in [0.1, 0.15) is 5.39 Å². The number of carbonyl (C=O) groups excluding carboxylic acids is 2. The number of aromatic nitrogens is 4. The standard InChI is InChI=1S/C20H23N7O6S2/c1-2-33-20(30)26-9-7-25(8-10-26)16(28)12-34-19-23-17-15(18(29)24-19)11-22-27(17)13-3-5-14(6-4-13)35(21,31)32/h3-6,11H,2,7-10,12H2,1H3,(H2,21,31,32)(H,23,24,29). The number of thioether (sulfide) groups is 1. The number of carbonyl (C=O) groups is 2. The van der Waals surface area contributed by atoms with Crippen molar-refractivity contribution in [2.75, 3.05) is 38.5 Å². The third-order valence-electron chi connectivity index (χ3n) is 5.32. The van der Waals surface area contributed by atoms with Crippen LogP contribution in [0, 0.1) is 0 Å². The Hall–Kier alpha value is -3.43. The van der Waals surface area contributed by atoms with E-state index in [0.29, 0.717) is 38.5 Å². The van der Waals surface area contributed by atoms with Crippen LogP contribution in [0.15, 0.2) is 45.3 Å². The Bertz CT molecular complexity index is 1410. The number of amides is 2. The second kappa shape index (κ2) is 10.1. The molecule has 3 N–H and O–H groups in total. The van der Waals surface area contributed by atoms with E-state index in [0.717, 1.165) is 11.8 Å². The summed E-state index contributed by atoms with van der Waals surface area (Å²) in [7, 11) is -3.84. The van der Waals surface area contributed by atoms with E-state index in [1.807, 2.05) is 0 Å². The minimum atomic E-state index is -3.84. The van der Waals surface area contributed by atoms with Crippen molar-refractivity contribution in [3.05, 3.63) is 40.8 Å². The van der Waals surface area contributed by atoms with Crippen LogP contribution >= 0.6 is 11.8 Å². The molecule has 1 fully saturated rings. The topological polar surface area (TPSA) is 174 Å².